The summed E-state index contributed by atoms with van der Waals surface area (Å²) < 4.78 is 0. The summed E-state index contributed by atoms with van der Waals surface area (Å²) in [6.07, 6.45) is 6.39. The fourth-order valence-corrected chi connectivity index (χ4v) is 3.10. The number of anilines is 1. The highest BCUT2D eigenvalue weighted by Gasteiger charge is 2.24. The predicted molar refractivity (Wildman–Crippen MR) is 98.0 cm³/mol. The normalized spacial score (nSPS) is 19.3. The molecule has 1 N–H and O–H groups in total. The Hall–Kier alpha value is -2.33. The lowest BCUT2D eigenvalue weighted by Gasteiger charge is -2.33. The van der Waals surface area contributed by atoms with Crippen molar-refractivity contribution in [1.82, 2.24) is 9.88 Å². The molecule has 1 aliphatic heterocycles. The highest BCUT2D eigenvalue weighted by atomic mass is 35.5. The Balaban J connectivity index is 1.63. The maximum Gasteiger partial charge on any atom is 0.321 e. The average Bonchev–Trinajstić information content (AvgIpc) is 2.57. The molecule has 0 bridgehead atoms. The van der Waals surface area contributed by atoms with E-state index in [-0.39, 0.29) is 6.03 Å². The third-order valence-electron chi connectivity index (χ3n) is 4.20. The number of nitrogens with one attached hydrogen (secondary N) is 1. The molecule has 5 heteroatoms. The van der Waals surface area contributed by atoms with Crippen molar-refractivity contribution in [2.75, 3.05) is 18.4 Å². The molecule has 0 saturated carbocycles. The molecule has 1 saturated heterocycles. The van der Waals surface area contributed by atoms with Gasteiger partial charge in [-0.15, -0.1) is 0 Å². The van der Waals surface area contributed by atoms with Gasteiger partial charge in [-0.3, -0.25) is 4.98 Å². The minimum atomic E-state index is -0.0725. The number of nitrogens with zero attached hydrogens (tertiary/aromatic N) is 2. The van der Waals surface area contributed by atoms with Crippen molar-refractivity contribution in [3.05, 3.63) is 65.0 Å². The van der Waals surface area contributed by atoms with Crippen molar-refractivity contribution in [3.8, 4) is 0 Å². The van der Waals surface area contributed by atoms with Crippen molar-refractivity contribution >= 4 is 29.4 Å². The van der Waals surface area contributed by atoms with Crippen LogP contribution >= 0.6 is 11.6 Å². The van der Waals surface area contributed by atoms with Crippen LogP contribution in [0, 0.1) is 5.92 Å². The Labute approximate surface area is 147 Å². The van der Waals surface area contributed by atoms with E-state index in [0.29, 0.717) is 19.0 Å². The van der Waals surface area contributed by atoms with E-state index < -0.39 is 0 Å². The topological polar surface area (TPSA) is 45.2 Å². The first-order valence-electron chi connectivity index (χ1n) is 8.04. The van der Waals surface area contributed by atoms with Crippen LogP contribution < -0.4 is 5.32 Å². The first-order valence-corrected chi connectivity index (χ1v) is 8.41. The number of carbonyl (C=O) groups is 1. The number of halogens is 1. The highest BCUT2D eigenvalue weighted by Crippen LogP contribution is 2.26. The number of hydrogen-bond acceptors (Lipinski definition) is 2. The quantitative estimate of drug-likeness (QED) is 0.861. The number of carbonyl (C=O) groups excluding carboxylic acids is 1. The summed E-state index contributed by atoms with van der Waals surface area (Å²) in [5.41, 5.74) is 3.18. The predicted octanol–water partition coefficient (Wildman–Crippen LogP) is 4.69. The van der Waals surface area contributed by atoms with Crippen LogP contribution in [0.1, 0.15) is 18.9 Å². The van der Waals surface area contributed by atoms with Crippen LogP contribution in [0.25, 0.3) is 6.08 Å². The molecular formula is C19H20ClN3O. The lowest BCUT2D eigenvalue weighted by Crippen LogP contribution is -2.42. The third-order valence-corrected chi connectivity index (χ3v) is 4.43. The average molecular weight is 342 g/mol. The molecular weight excluding hydrogens is 322 g/mol. The summed E-state index contributed by atoms with van der Waals surface area (Å²) in [6.45, 7) is 3.57. The molecule has 2 heterocycles. The van der Waals surface area contributed by atoms with Crippen molar-refractivity contribution in [2.45, 2.75) is 13.3 Å². The summed E-state index contributed by atoms with van der Waals surface area (Å²) in [4.78, 5) is 18.2. The van der Waals surface area contributed by atoms with Gasteiger partial charge in [-0.05, 0) is 42.2 Å². The largest absolute Gasteiger partial charge is 0.324 e. The van der Waals surface area contributed by atoms with Crippen molar-refractivity contribution in [3.63, 3.8) is 0 Å². The molecule has 1 fully saturated rings. The van der Waals surface area contributed by atoms with Crippen LogP contribution in [0.4, 0.5) is 10.5 Å². The maximum atomic E-state index is 12.4. The number of likely N-dealkylation sites (tertiary alicyclic amines) is 1. The second-order valence-corrected chi connectivity index (χ2v) is 6.48. The maximum absolute atomic E-state index is 12.4. The van der Waals surface area contributed by atoms with Gasteiger partial charge >= 0.3 is 6.03 Å². The molecule has 1 aliphatic rings. The number of amides is 2. The molecule has 2 aromatic rings. The number of pyridine rings is 1. The number of aromatic nitrogens is 1. The van der Waals surface area contributed by atoms with E-state index in [2.05, 4.69) is 23.3 Å². The number of benzene rings is 1. The molecule has 1 atom stereocenters. The Morgan fingerprint density at radius 2 is 2.25 bits per heavy atom. The van der Waals surface area contributed by atoms with Gasteiger partial charge in [0.25, 0.3) is 0 Å². The van der Waals surface area contributed by atoms with Gasteiger partial charge < -0.3 is 10.2 Å². The van der Waals surface area contributed by atoms with E-state index in [4.69, 9.17) is 11.6 Å². The fourth-order valence-electron chi connectivity index (χ4n) is 2.90. The van der Waals surface area contributed by atoms with Crippen LogP contribution in [0.2, 0.25) is 5.02 Å². The summed E-state index contributed by atoms with van der Waals surface area (Å²) >= 11 is 6.05. The first-order chi connectivity index (χ1) is 11.6. The van der Waals surface area contributed by atoms with E-state index in [0.717, 1.165) is 22.7 Å². The molecule has 0 aliphatic carbocycles. The van der Waals surface area contributed by atoms with E-state index in [9.17, 15) is 4.79 Å². The van der Waals surface area contributed by atoms with Crippen LogP contribution in [0.5, 0.6) is 0 Å². The number of piperidine rings is 1. The van der Waals surface area contributed by atoms with Gasteiger partial charge in [0.15, 0.2) is 0 Å². The van der Waals surface area contributed by atoms with Crippen LogP contribution in [0.15, 0.2) is 54.4 Å². The second-order valence-electron chi connectivity index (χ2n) is 6.04. The Kier molecular flexibility index (Phi) is 5.16. The Morgan fingerprint density at radius 3 is 2.96 bits per heavy atom. The van der Waals surface area contributed by atoms with E-state index in [1.54, 1.807) is 18.5 Å². The molecule has 1 aromatic carbocycles. The minimum Gasteiger partial charge on any atom is -0.324 e. The van der Waals surface area contributed by atoms with Crippen molar-refractivity contribution in [2.24, 2.45) is 5.92 Å². The van der Waals surface area contributed by atoms with Gasteiger partial charge in [0, 0.05) is 24.3 Å². The van der Waals surface area contributed by atoms with Crippen molar-refractivity contribution in [1.29, 1.82) is 0 Å². The van der Waals surface area contributed by atoms with Gasteiger partial charge in [0.05, 0.1) is 11.9 Å². The lowest BCUT2D eigenvalue weighted by molar-refractivity contribution is 0.198. The van der Waals surface area contributed by atoms with Gasteiger partial charge in [0.2, 0.25) is 0 Å². The monoisotopic (exact) mass is 341 g/mol. The van der Waals surface area contributed by atoms with Gasteiger partial charge in [0.1, 0.15) is 0 Å². The van der Waals surface area contributed by atoms with Crippen LogP contribution in [-0.4, -0.2) is 29.0 Å². The first kappa shape index (κ1) is 16.5. The zero-order valence-corrected chi connectivity index (χ0v) is 14.3. The zero-order chi connectivity index (χ0) is 16.9. The van der Waals surface area contributed by atoms with E-state index in [1.165, 1.54) is 5.57 Å². The third kappa shape index (κ3) is 4.15. The molecule has 3 rings (SSSR count). The Bertz CT molecular complexity index is 745. The van der Waals surface area contributed by atoms with Crippen LogP contribution in [-0.2, 0) is 0 Å². The number of hydrogen-bond donors (Lipinski definition) is 1. The smallest absolute Gasteiger partial charge is 0.321 e. The fraction of sp³-hybridized carbons (Fsp3) is 0.263. The van der Waals surface area contributed by atoms with Gasteiger partial charge in [-0.25, -0.2) is 4.79 Å². The standard InChI is InChI=1S/C19H20ClN3O/c1-14-13-23(19(24)22-18-6-3-8-21-12-18)9-7-16(14)10-15-4-2-5-17(20)11-15/h2-6,8,10-12,14H,7,9,13H2,1H3,(H,22,24)/b16-10+. The SMILES string of the molecule is CC1CN(C(=O)Nc2cccnc2)CC/C1=C\c1cccc(Cl)c1. The molecule has 0 radical (unpaired) electrons. The Morgan fingerprint density at radius 1 is 1.38 bits per heavy atom. The summed E-state index contributed by atoms with van der Waals surface area (Å²) in [7, 11) is 0. The van der Waals surface area contributed by atoms with Crippen LogP contribution in [0.3, 0.4) is 0 Å². The highest BCUT2D eigenvalue weighted by molar-refractivity contribution is 6.30. The molecule has 2 amide bonds. The molecule has 1 aromatic heterocycles. The summed E-state index contributed by atoms with van der Waals surface area (Å²) in [5.74, 6) is 0.317. The minimum absolute atomic E-state index is 0.0725. The molecule has 0 spiro atoms. The number of rotatable bonds is 2. The second kappa shape index (κ2) is 7.49. The van der Waals surface area contributed by atoms with Gasteiger partial charge in [-0.2, -0.15) is 0 Å². The lowest BCUT2D eigenvalue weighted by atomic mass is 9.91. The number of urea groups is 1. The molecule has 24 heavy (non-hydrogen) atoms. The zero-order valence-electron chi connectivity index (χ0n) is 13.6. The molecule has 1 unspecified atom stereocenters. The molecule has 4 nitrogen and oxygen atoms in total. The summed E-state index contributed by atoms with van der Waals surface area (Å²) in [6, 6.07) is 11.4. The summed E-state index contributed by atoms with van der Waals surface area (Å²) in [5, 5.41) is 3.63. The van der Waals surface area contributed by atoms with E-state index in [1.807, 2.05) is 35.2 Å². The van der Waals surface area contributed by atoms with Gasteiger partial charge in [-0.1, -0.05) is 42.3 Å². The molecule has 124 valence electrons. The van der Waals surface area contributed by atoms with E-state index >= 15 is 0 Å². The van der Waals surface area contributed by atoms with Crippen molar-refractivity contribution < 1.29 is 4.79 Å².